The number of hydrogen-bond acceptors (Lipinski definition) is 4. The molecule has 5 aromatic heterocycles. The summed E-state index contributed by atoms with van der Waals surface area (Å²) in [7, 11) is 0. The Morgan fingerprint density at radius 2 is 1.15 bits per heavy atom. The van der Waals surface area contributed by atoms with Crippen LogP contribution in [-0.2, 0) is 21.1 Å². The van der Waals surface area contributed by atoms with Gasteiger partial charge in [-0.25, -0.2) is 0 Å². The van der Waals surface area contributed by atoms with Crippen LogP contribution in [0, 0.1) is 12.1 Å². The van der Waals surface area contributed by atoms with E-state index in [0.29, 0.717) is 11.5 Å². The van der Waals surface area contributed by atoms with Crippen LogP contribution in [0.1, 0.15) is 0 Å². The third-order valence-electron chi connectivity index (χ3n) is 8.99. The Bertz CT molecular complexity index is 2830. The molecule has 0 aliphatic rings. The maximum Gasteiger partial charge on any atom is 2.00 e. The first kappa shape index (κ1) is 28.4. The Hall–Kier alpha value is -5.84. The van der Waals surface area contributed by atoms with E-state index < -0.39 is 0 Å². The van der Waals surface area contributed by atoms with Gasteiger partial charge in [0.25, 0.3) is 0 Å². The Morgan fingerprint density at radius 1 is 0.542 bits per heavy atom. The Balaban J connectivity index is 0.00000314. The van der Waals surface area contributed by atoms with Gasteiger partial charge in [-0.1, -0.05) is 119 Å². The number of aromatic nitrogens is 5. The van der Waals surface area contributed by atoms with Crippen molar-refractivity contribution in [2.24, 2.45) is 0 Å². The van der Waals surface area contributed by atoms with Crippen LogP contribution in [0.4, 0.5) is 0 Å². The van der Waals surface area contributed by atoms with Crippen LogP contribution in [0.5, 0.6) is 11.5 Å². The molecule has 228 valence electrons. The normalized spacial score (nSPS) is 11.6. The zero-order valence-corrected chi connectivity index (χ0v) is 27.5. The largest absolute Gasteiger partial charge is 2.00 e. The van der Waals surface area contributed by atoms with E-state index in [9.17, 15) is 0 Å². The fourth-order valence-corrected chi connectivity index (χ4v) is 6.95. The van der Waals surface area contributed by atoms with Crippen molar-refractivity contribution in [2.75, 3.05) is 0 Å². The van der Waals surface area contributed by atoms with Gasteiger partial charge in [0.1, 0.15) is 0 Å². The average Bonchev–Trinajstić information content (AvgIpc) is 3.84. The summed E-state index contributed by atoms with van der Waals surface area (Å²) >= 11 is 0. The predicted octanol–water partition coefficient (Wildman–Crippen LogP) is 9.71. The van der Waals surface area contributed by atoms with E-state index in [2.05, 4.69) is 104 Å². The summed E-state index contributed by atoms with van der Waals surface area (Å²) in [6, 6.07) is 42.7. The molecule has 0 unspecified atom stereocenters. The second-order valence-electron chi connectivity index (χ2n) is 11.6. The smallest absolute Gasteiger partial charge is 0.497 e. The summed E-state index contributed by atoms with van der Waals surface area (Å²) in [4.78, 5) is 13.8. The molecule has 10 rings (SSSR count). The van der Waals surface area contributed by atoms with Crippen molar-refractivity contribution >= 4 is 54.6 Å². The molecule has 0 aliphatic carbocycles. The number of hydrogen-bond donors (Lipinski definition) is 0. The fraction of sp³-hybridized carbons (Fsp3) is 0. The van der Waals surface area contributed by atoms with Crippen LogP contribution >= 0.6 is 0 Å². The van der Waals surface area contributed by atoms with E-state index in [-0.39, 0.29) is 21.1 Å². The Morgan fingerprint density at radius 3 is 1.88 bits per heavy atom. The average molecular weight is 797 g/mol. The first-order valence-electron chi connectivity index (χ1n) is 15.4. The third kappa shape index (κ3) is 4.26. The predicted molar refractivity (Wildman–Crippen MR) is 187 cm³/mol. The first-order chi connectivity index (χ1) is 23.3. The monoisotopic (exact) mass is 796 g/mol. The molecule has 0 saturated carbocycles. The maximum atomic E-state index is 6.48. The summed E-state index contributed by atoms with van der Waals surface area (Å²) in [5.74, 6) is 1.16. The zero-order valence-electron chi connectivity index (χ0n) is 25.2. The van der Waals surface area contributed by atoms with Crippen molar-refractivity contribution in [1.82, 2.24) is 23.8 Å². The molecule has 0 fully saturated rings. The summed E-state index contributed by atoms with van der Waals surface area (Å²) in [5.41, 5.74) is 8.38. The van der Waals surface area contributed by atoms with Gasteiger partial charge in [0.15, 0.2) is 0 Å². The van der Waals surface area contributed by atoms with E-state index in [0.717, 1.165) is 76.9 Å². The van der Waals surface area contributed by atoms with Crippen molar-refractivity contribution in [1.29, 1.82) is 0 Å². The Kier molecular flexibility index (Phi) is 6.59. The SMILES string of the molecule is [Pt+2].[c-]1c(Oc2[c-]c3c(cc2)c2c(-c4ccccc4)ccc(-c4ccccc4)c2n2ccnc32)ccc2c1c1nccn1c1ccncc21. The topological polar surface area (TPSA) is 56.7 Å². The molecule has 5 aromatic carbocycles. The molecule has 0 amide bonds. The number of benzene rings is 5. The number of pyridine rings is 3. The van der Waals surface area contributed by atoms with Crippen LogP contribution in [0.3, 0.4) is 0 Å². The molecule has 48 heavy (non-hydrogen) atoms. The summed E-state index contributed by atoms with van der Waals surface area (Å²) in [6.45, 7) is 0. The van der Waals surface area contributed by atoms with Crippen molar-refractivity contribution in [3.63, 3.8) is 0 Å². The second kappa shape index (κ2) is 11.1. The number of rotatable bonds is 4. The number of nitrogens with zero attached hydrogens (tertiary/aromatic N) is 5. The maximum absolute atomic E-state index is 6.48. The van der Waals surface area contributed by atoms with Crippen LogP contribution in [-0.4, -0.2) is 23.8 Å². The molecule has 0 N–H and O–H groups in total. The molecule has 6 nitrogen and oxygen atoms in total. The minimum Gasteiger partial charge on any atom is -0.497 e. The van der Waals surface area contributed by atoms with E-state index >= 15 is 0 Å². The van der Waals surface area contributed by atoms with Crippen LogP contribution in [0.2, 0.25) is 0 Å². The third-order valence-corrected chi connectivity index (χ3v) is 8.99. The zero-order chi connectivity index (χ0) is 30.9. The van der Waals surface area contributed by atoms with E-state index in [1.54, 1.807) is 12.4 Å². The van der Waals surface area contributed by atoms with Gasteiger partial charge >= 0.3 is 21.1 Å². The molecule has 0 spiro atoms. The standard InChI is InChI=1S/C41H23N5O.Pt/c1-3-7-26(8-4-1)30-15-16-31(27-9-5-2-6-10-27)39-38(30)33-14-12-29(24-35(33)41-44-20-22-46(39)41)47-28-11-13-32-34(23-28)40-43-19-21-45(40)37-17-18-42-25-36(32)37;/h1-22,25H;/q-2;+2. The molecule has 7 heteroatoms. The van der Waals surface area contributed by atoms with Gasteiger partial charge in [0, 0.05) is 65.3 Å². The molecule has 0 aliphatic heterocycles. The van der Waals surface area contributed by atoms with Gasteiger partial charge < -0.3 is 13.5 Å². The van der Waals surface area contributed by atoms with E-state index in [1.807, 2.05) is 55.1 Å². The quantitative estimate of drug-likeness (QED) is 0.132. The van der Waals surface area contributed by atoms with Crippen molar-refractivity contribution in [3.05, 3.63) is 152 Å². The minimum absolute atomic E-state index is 0. The van der Waals surface area contributed by atoms with Gasteiger partial charge in [0.05, 0.1) is 11.3 Å². The van der Waals surface area contributed by atoms with Gasteiger partial charge in [-0.3, -0.25) is 15.0 Å². The molecule has 0 radical (unpaired) electrons. The summed E-state index contributed by atoms with van der Waals surface area (Å²) in [6.07, 6.45) is 11.3. The molecule has 0 atom stereocenters. The van der Waals surface area contributed by atoms with Crippen molar-refractivity contribution in [2.45, 2.75) is 0 Å². The fourth-order valence-electron chi connectivity index (χ4n) is 6.95. The summed E-state index contributed by atoms with van der Waals surface area (Å²) in [5, 5.41) is 6.01. The number of ether oxygens (including phenoxy) is 1. The molecule has 0 bridgehead atoms. The molecule has 5 heterocycles. The van der Waals surface area contributed by atoms with Crippen LogP contribution < -0.4 is 4.74 Å². The number of fused-ring (bicyclic) bond motifs is 12. The minimum atomic E-state index is 0. The van der Waals surface area contributed by atoms with Crippen LogP contribution in [0.15, 0.2) is 140 Å². The molecular formula is C41H23N5OPt. The van der Waals surface area contributed by atoms with Gasteiger partial charge in [0.2, 0.25) is 0 Å². The second-order valence-corrected chi connectivity index (χ2v) is 11.6. The molecule has 0 saturated heterocycles. The Labute approximate surface area is 289 Å². The summed E-state index contributed by atoms with van der Waals surface area (Å²) < 4.78 is 10.7. The first-order valence-corrected chi connectivity index (χ1v) is 15.4. The van der Waals surface area contributed by atoms with Gasteiger partial charge in [-0.05, 0) is 33.5 Å². The molecule has 10 aromatic rings. The van der Waals surface area contributed by atoms with E-state index in [1.165, 1.54) is 0 Å². The van der Waals surface area contributed by atoms with E-state index in [4.69, 9.17) is 9.72 Å². The van der Waals surface area contributed by atoms with Crippen molar-refractivity contribution < 1.29 is 25.8 Å². The van der Waals surface area contributed by atoms with Gasteiger partial charge in [-0.2, -0.15) is 0 Å². The number of imidazole rings is 2. The van der Waals surface area contributed by atoms with Gasteiger partial charge in [-0.15, -0.1) is 12.1 Å². The van der Waals surface area contributed by atoms with Crippen LogP contribution in [0.25, 0.3) is 76.9 Å². The van der Waals surface area contributed by atoms with Crippen molar-refractivity contribution in [3.8, 4) is 33.8 Å². The molecular weight excluding hydrogens is 774 g/mol.